The SMILES string of the molecule is Cc1cc(C(=O)Nc2nc3c(Cl)cccc3s2)c(C)n1-c1ccccc1C(F)(F)F. The smallest absolute Gasteiger partial charge is 0.317 e. The second-order valence-corrected chi connectivity index (χ2v) is 8.13. The largest absolute Gasteiger partial charge is 0.418 e. The van der Waals surface area contributed by atoms with E-state index >= 15 is 0 Å². The number of hydrogen-bond acceptors (Lipinski definition) is 3. The number of benzene rings is 2. The summed E-state index contributed by atoms with van der Waals surface area (Å²) in [5.41, 5.74) is 0.992. The summed E-state index contributed by atoms with van der Waals surface area (Å²) in [6.45, 7) is 3.28. The molecule has 0 saturated carbocycles. The fraction of sp³-hybridized carbons (Fsp3) is 0.143. The van der Waals surface area contributed by atoms with Crippen LogP contribution in [0.1, 0.15) is 27.3 Å². The zero-order valence-electron chi connectivity index (χ0n) is 15.8. The molecule has 30 heavy (non-hydrogen) atoms. The molecule has 0 bridgehead atoms. The number of fused-ring (bicyclic) bond motifs is 1. The molecule has 1 N–H and O–H groups in total. The van der Waals surface area contributed by atoms with Gasteiger partial charge in [-0.25, -0.2) is 4.98 Å². The molecule has 4 nitrogen and oxygen atoms in total. The molecule has 154 valence electrons. The lowest BCUT2D eigenvalue weighted by molar-refractivity contribution is -0.137. The summed E-state index contributed by atoms with van der Waals surface area (Å²) in [6, 6.07) is 12.2. The number of amides is 1. The third-order valence-electron chi connectivity index (χ3n) is 4.72. The minimum absolute atomic E-state index is 0.0224. The van der Waals surface area contributed by atoms with Gasteiger partial charge in [0.25, 0.3) is 5.91 Å². The Hall–Kier alpha value is -2.84. The van der Waals surface area contributed by atoms with Gasteiger partial charge in [-0.2, -0.15) is 13.2 Å². The van der Waals surface area contributed by atoms with Crippen LogP contribution in [0.25, 0.3) is 15.9 Å². The molecule has 0 unspecified atom stereocenters. The maximum Gasteiger partial charge on any atom is 0.418 e. The Morgan fingerprint density at radius 2 is 1.87 bits per heavy atom. The van der Waals surface area contributed by atoms with Gasteiger partial charge in [-0.15, -0.1) is 0 Å². The highest BCUT2D eigenvalue weighted by Crippen LogP contribution is 2.36. The first-order chi connectivity index (χ1) is 14.2. The van der Waals surface area contributed by atoms with Crippen LogP contribution in [-0.4, -0.2) is 15.5 Å². The molecular weight excluding hydrogens is 435 g/mol. The standard InChI is InChI=1S/C21H15ClF3N3OS/c1-11-10-13(12(2)28(11)16-8-4-3-6-14(16)21(23,24)25)19(29)27-20-26-18-15(22)7-5-9-17(18)30-20/h3-10H,1-2H3,(H,26,27,29). The van der Waals surface area contributed by atoms with Crippen molar-refractivity contribution in [1.29, 1.82) is 0 Å². The number of aryl methyl sites for hydroxylation is 1. The molecule has 0 aliphatic rings. The molecule has 0 aliphatic heterocycles. The highest BCUT2D eigenvalue weighted by Gasteiger charge is 2.34. The van der Waals surface area contributed by atoms with Crippen LogP contribution in [0.2, 0.25) is 5.02 Å². The Morgan fingerprint density at radius 1 is 1.13 bits per heavy atom. The Balaban J connectivity index is 1.72. The molecule has 0 fully saturated rings. The van der Waals surface area contributed by atoms with E-state index in [-0.39, 0.29) is 11.3 Å². The minimum atomic E-state index is -4.51. The number of nitrogens with zero attached hydrogens (tertiary/aromatic N) is 2. The van der Waals surface area contributed by atoms with Gasteiger partial charge in [-0.05, 0) is 44.2 Å². The molecule has 1 amide bonds. The summed E-state index contributed by atoms with van der Waals surface area (Å²) in [6.07, 6.45) is -4.51. The summed E-state index contributed by atoms with van der Waals surface area (Å²) in [4.78, 5) is 17.2. The monoisotopic (exact) mass is 449 g/mol. The van der Waals surface area contributed by atoms with Gasteiger partial charge in [0.05, 0.1) is 26.5 Å². The average Bonchev–Trinajstić information content (AvgIpc) is 3.22. The van der Waals surface area contributed by atoms with E-state index in [0.717, 1.165) is 10.8 Å². The molecule has 2 heterocycles. The number of hydrogen-bond donors (Lipinski definition) is 1. The molecule has 4 rings (SSSR count). The maximum atomic E-state index is 13.5. The Morgan fingerprint density at radius 3 is 2.57 bits per heavy atom. The van der Waals surface area contributed by atoms with Crippen LogP contribution in [0.5, 0.6) is 0 Å². The number of thiazole rings is 1. The summed E-state index contributed by atoms with van der Waals surface area (Å²) >= 11 is 7.40. The van der Waals surface area contributed by atoms with E-state index in [1.54, 1.807) is 32.0 Å². The Bertz CT molecular complexity index is 1280. The van der Waals surface area contributed by atoms with Gasteiger partial charge in [-0.3, -0.25) is 10.1 Å². The zero-order chi connectivity index (χ0) is 21.6. The van der Waals surface area contributed by atoms with Crippen molar-refractivity contribution in [3.8, 4) is 5.69 Å². The molecule has 2 aromatic carbocycles. The number of para-hydroxylation sites is 2. The number of nitrogens with one attached hydrogen (secondary N) is 1. The number of halogens is 4. The van der Waals surface area contributed by atoms with E-state index < -0.39 is 17.6 Å². The molecular formula is C21H15ClF3N3OS. The van der Waals surface area contributed by atoms with E-state index in [1.807, 2.05) is 6.07 Å². The number of anilines is 1. The van der Waals surface area contributed by atoms with Gasteiger partial charge in [0.15, 0.2) is 5.13 Å². The summed E-state index contributed by atoms with van der Waals surface area (Å²) < 4.78 is 42.7. The summed E-state index contributed by atoms with van der Waals surface area (Å²) in [5.74, 6) is -0.450. The van der Waals surface area contributed by atoms with Crippen molar-refractivity contribution < 1.29 is 18.0 Å². The Kier molecular flexibility index (Phi) is 5.07. The molecule has 0 spiro atoms. The van der Waals surface area contributed by atoms with Crippen LogP contribution in [0.4, 0.5) is 18.3 Å². The molecule has 4 aromatic rings. The quantitative estimate of drug-likeness (QED) is 0.381. The number of alkyl halides is 3. The molecule has 0 radical (unpaired) electrons. The van der Waals surface area contributed by atoms with Crippen LogP contribution < -0.4 is 5.32 Å². The molecule has 0 saturated heterocycles. The first-order valence-electron chi connectivity index (χ1n) is 8.89. The van der Waals surface area contributed by atoms with E-state index in [2.05, 4.69) is 10.3 Å². The topological polar surface area (TPSA) is 46.9 Å². The van der Waals surface area contributed by atoms with Gasteiger partial charge in [0.2, 0.25) is 0 Å². The zero-order valence-corrected chi connectivity index (χ0v) is 17.4. The predicted octanol–water partition coefficient (Wildman–Crippen LogP) is 6.63. The second-order valence-electron chi connectivity index (χ2n) is 6.69. The minimum Gasteiger partial charge on any atom is -0.317 e. The van der Waals surface area contributed by atoms with Crippen molar-refractivity contribution in [2.75, 3.05) is 5.32 Å². The molecule has 0 atom stereocenters. The van der Waals surface area contributed by atoms with E-state index in [9.17, 15) is 18.0 Å². The van der Waals surface area contributed by atoms with Gasteiger partial charge >= 0.3 is 6.18 Å². The first kappa shape index (κ1) is 20.4. The van der Waals surface area contributed by atoms with Crippen molar-refractivity contribution in [3.63, 3.8) is 0 Å². The fourth-order valence-corrected chi connectivity index (χ4v) is 4.57. The lowest BCUT2D eigenvalue weighted by atomic mass is 10.1. The van der Waals surface area contributed by atoms with Crippen molar-refractivity contribution in [2.45, 2.75) is 20.0 Å². The summed E-state index contributed by atoms with van der Waals surface area (Å²) in [5, 5.41) is 3.57. The first-order valence-corrected chi connectivity index (χ1v) is 10.1. The number of carbonyl (C=O) groups is 1. The highest BCUT2D eigenvalue weighted by molar-refractivity contribution is 7.22. The van der Waals surface area contributed by atoms with Gasteiger partial charge in [0, 0.05) is 11.4 Å². The number of aromatic nitrogens is 2. The van der Waals surface area contributed by atoms with Crippen molar-refractivity contribution in [2.24, 2.45) is 0 Å². The van der Waals surface area contributed by atoms with Crippen LogP contribution in [0.3, 0.4) is 0 Å². The third kappa shape index (κ3) is 3.57. The highest BCUT2D eigenvalue weighted by atomic mass is 35.5. The number of carbonyl (C=O) groups excluding carboxylic acids is 1. The maximum absolute atomic E-state index is 13.5. The van der Waals surface area contributed by atoms with Gasteiger partial charge in [-0.1, -0.05) is 41.1 Å². The van der Waals surface area contributed by atoms with Gasteiger partial charge < -0.3 is 4.57 Å². The van der Waals surface area contributed by atoms with Crippen LogP contribution in [0.15, 0.2) is 48.5 Å². The van der Waals surface area contributed by atoms with Crippen LogP contribution in [-0.2, 0) is 6.18 Å². The lowest BCUT2D eigenvalue weighted by Gasteiger charge is -2.16. The third-order valence-corrected chi connectivity index (χ3v) is 5.96. The van der Waals surface area contributed by atoms with Crippen molar-refractivity contribution in [1.82, 2.24) is 9.55 Å². The predicted molar refractivity (Wildman–Crippen MR) is 113 cm³/mol. The Labute approximate surface area is 178 Å². The van der Waals surface area contributed by atoms with Crippen molar-refractivity contribution in [3.05, 3.63) is 76.1 Å². The molecule has 0 aliphatic carbocycles. The van der Waals surface area contributed by atoms with Crippen LogP contribution >= 0.6 is 22.9 Å². The fourth-order valence-electron chi connectivity index (χ4n) is 3.40. The lowest BCUT2D eigenvalue weighted by Crippen LogP contribution is -2.14. The number of rotatable bonds is 3. The second kappa shape index (κ2) is 7.45. The van der Waals surface area contributed by atoms with E-state index in [4.69, 9.17) is 11.6 Å². The molecule has 9 heteroatoms. The van der Waals surface area contributed by atoms with Gasteiger partial charge in [0.1, 0.15) is 5.52 Å². The van der Waals surface area contributed by atoms with Crippen LogP contribution in [0, 0.1) is 13.8 Å². The summed E-state index contributed by atoms with van der Waals surface area (Å²) in [7, 11) is 0. The average molecular weight is 450 g/mol. The van der Waals surface area contributed by atoms with E-state index in [1.165, 1.54) is 34.1 Å². The normalized spacial score (nSPS) is 11.8. The van der Waals surface area contributed by atoms with E-state index in [0.29, 0.717) is 27.1 Å². The molecule has 2 aromatic heterocycles. The van der Waals surface area contributed by atoms with Crippen molar-refractivity contribution >= 4 is 44.2 Å².